The molecular weight excluding hydrogens is 290 g/mol. The zero-order valence-corrected chi connectivity index (χ0v) is 13.4. The molecule has 1 aromatic carbocycles. The van der Waals surface area contributed by atoms with Crippen molar-refractivity contribution in [3.8, 4) is 11.5 Å². The summed E-state index contributed by atoms with van der Waals surface area (Å²) < 4.78 is 22.5. The Bertz CT molecular complexity index is 582. The highest BCUT2D eigenvalue weighted by molar-refractivity contribution is 6.52. The van der Waals surface area contributed by atoms with Crippen LogP contribution in [-0.4, -0.2) is 25.1 Å². The lowest BCUT2D eigenvalue weighted by Gasteiger charge is -2.32. The van der Waals surface area contributed by atoms with Crippen LogP contribution in [0.3, 0.4) is 0 Å². The number of benzene rings is 1. The van der Waals surface area contributed by atoms with Gasteiger partial charge in [-0.15, -0.1) is 0 Å². The molecule has 21 heavy (non-hydrogen) atoms. The van der Waals surface area contributed by atoms with Crippen LogP contribution in [0.25, 0.3) is 6.08 Å². The molecule has 0 aliphatic carbocycles. The Balaban J connectivity index is 1.78. The van der Waals surface area contributed by atoms with Crippen LogP contribution in [0.1, 0.15) is 33.3 Å². The van der Waals surface area contributed by atoms with Crippen LogP contribution in [0.15, 0.2) is 18.1 Å². The van der Waals surface area contributed by atoms with Crippen LogP contribution < -0.4 is 9.47 Å². The van der Waals surface area contributed by atoms with Gasteiger partial charge in [-0.2, -0.15) is 0 Å². The van der Waals surface area contributed by atoms with Crippen LogP contribution in [-0.2, 0) is 9.31 Å². The summed E-state index contributed by atoms with van der Waals surface area (Å²) in [5.74, 6) is 3.14. The number of ether oxygens (including phenoxy) is 2. The number of hydrogen-bond acceptors (Lipinski definition) is 4. The molecule has 112 valence electrons. The average Bonchev–Trinajstić information content (AvgIpc) is 2.90. The van der Waals surface area contributed by atoms with Crippen molar-refractivity contribution in [3.63, 3.8) is 0 Å². The van der Waals surface area contributed by atoms with Gasteiger partial charge in [0.05, 0.1) is 16.2 Å². The van der Waals surface area contributed by atoms with Gasteiger partial charge in [-0.1, -0.05) is 23.7 Å². The SMILES string of the molecule is CC1(C)OB(/C=C/c2cc(Cl)c3c(c2)OCO3)OC1(C)C. The standard InChI is InChI=1S/C15H18BClO4/c1-14(2)15(3,4)21-16(20-14)6-5-10-7-11(17)13-12(8-10)18-9-19-13/h5-8H,9H2,1-4H3/b6-5+. The van der Waals surface area contributed by atoms with Crippen molar-refractivity contribution in [1.82, 2.24) is 0 Å². The molecule has 1 saturated heterocycles. The first-order chi connectivity index (χ1) is 9.78. The molecule has 0 unspecified atom stereocenters. The highest BCUT2D eigenvalue weighted by Gasteiger charge is 2.50. The monoisotopic (exact) mass is 308 g/mol. The minimum atomic E-state index is -0.376. The summed E-state index contributed by atoms with van der Waals surface area (Å²) in [5, 5.41) is 0.540. The molecule has 4 nitrogen and oxygen atoms in total. The van der Waals surface area contributed by atoms with E-state index in [9.17, 15) is 0 Å². The molecule has 2 heterocycles. The summed E-state index contributed by atoms with van der Waals surface area (Å²) in [6.45, 7) is 8.31. The third-order valence-corrected chi connectivity index (χ3v) is 4.45. The predicted molar refractivity (Wildman–Crippen MR) is 82.7 cm³/mol. The van der Waals surface area contributed by atoms with Crippen molar-refractivity contribution in [2.75, 3.05) is 6.79 Å². The summed E-state index contributed by atoms with van der Waals surface area (Å²) >= 11 is 6.16. The van der Waals surface area contributed by atoms with E-state index in [1.54, 1.807) is 0 Å². The first-order valence-electron chi connectivity index (χ1n) is 6.91. The molecule has 0 saturated carbocycles. The van der Waals surface area contributed by atoms with E-state index in [0.29, 0.717) is 16.5 Å². The first kappa shape index (κ1) is 14.8. The van der Waals surface area contributed by atoms with E-state index in [0.717, 1.165) is 5.56 Å². The molecular formula is C15H18BClO4. The van der Waals surface area contributed by atoms with Crippen molar-refractivity contribution in [2.24, 2.45) is 0 Å². The smallest absolute Gasteiger partial charge is 0.454 e. The minimum absolute atomic E-state index is 0.208. The van der Waals surface area contributed by atoms with Gasteiger partial charge in [0.1, 0.15) is 0 Å². The van der Waals surface area contributed by atoms with E-state index in [2.05, 4.69) is 0 Å². The van der Waals surface area contributed by atoms with Gasteiger partial charge >= 0.3 is 7.12 Å². The molecule has 0 atom stereocenters. The topological polar surface area (TPSA) is 36.9 Å². The summed E-state index contributed by atoms with van der Waals surface area (Å²) in [7, 11) is -0.376. The quantitative estimate of drug-likeness (QED) is 0.780. The second kappa shape index (κ2) is 4.94. The van der Waals surface area contributed by atoms with Crippen LogP contribution >= 0.6 is 11.6 Å². The van der Waals surface area contributed by atoms with E-state index in [1.807, 2.05) is 51.9 Å². The summed E-state index contributed by atoms with van der Waals surface area (Å²) in [6.07, 6.45) is 1.91. The Morgan fingerprint density at radius 2 is 1.76 bits per heavy atom. The normalized spacial score (nSPS) is 22.2. The van der Waals surface area contributed by atoms with Gasteiger partial charge in [0.25, 0.3) is 0 Å². The fourth-order valence-electron chi connectivity index (χ4n) is 2.24. The van der Waals surface area contributed by atoms with Crippen molar-refractivity contribution in [3.05, 3.63) is 28.7 Å². The Hall–Kier alpha value is -1.17. The molecule has 0 N–H and O–H groups in total. The third-order valence-electron chi connectivity index (χ3n) is 4.17. The largest absolute Gasteiger partial charge is 0.487 e. The number of fused-ring (bicyclic) bond motifs is 1. The molecule has 0 bridgehead atoms. The highest BCUT2D eigenvalue weighted by Crippen LogP contribution is 2.40. The maximum Gasteiger partial charge on any atom is 0.487 e. The second-order valence-corrected chi connectivity index (χ2v) is 6.63. The minimum Gasteiger partial charge on any atom is -0.454 e. The van der Waals surface area contributed by atoms with E-state index < -0.39 is 0 Å². The Morgan fingerprint density at radius 1 is 1.10 bits per heavy atom. The molecule has 0 spiro atoms. The Morgan fingerprint density at radius 3 is 2.43 bits per heavy atom. The molecule has 1 fully saturated rings. The molecule has 3 rings (SSSR count). The van der Waals surface area contributed by atoms with Gasteiger partial charge in [-0.3, -0.25) is 0 Å². The number of rotatable bonds is 2. The lowest BCUT2D eigenvalue weighted by molar-refractivity contribution is 0.00578. The summed E-state index contributed by atoms with van der Waals surface area (Å²) in [4.78, 5) is 0. The fourth-order valence-corrected chi connectivity index (χ4v) is 2.51. The molecule has 1 aromatic rings. The van der Waals surface area contributed by atoms with Crippen LogP contribution in [0.2, 0.25) is 5.02 Å². The van der Waals surface area contributed by atoms with Crippen molar-refractivity contribution >= 4 is 24.8 Å². The molecule has 6 heteroatoms. The van der Waals surface area contributed by atoms with Crippen molar-refractivity contribution < 1.29 is 18.8 Å². The van der Waals surface area contributed by atoms with Crippen molar-refractivity contribution in [1.29, 1.82) is 0 Å². The van der Waals surface area contributed by atoms with Crippen LogP contribution in [0.4, 0.5) is 0 Å². The van der Waals surface area contributed by atoms with Gasteiger partial charge in [-0.25, -0.2) is 0 Å². The average molecular weight is 309 g/mol. The van der Waals surface area contributed by atoms with Gasteiger partial charge in [0.2, 0.25) is 6.79 Å². The maximum absolute atomic E-state index is 6.16. The van der Waals surface area contributed by atoms with Gasteiger partial charge in [0, 0.05) is 0 Å². The Kier molecular flexibility index (Phi) is 3.47. The molecule has 0 aromatic heterocycles. The lowest BCUT2D eigenvalue weighted by atomic mass is 9.89. The fraction of sp³-hybridized carbons (Fsp3) is 0.467. The maximum atomic E-state index is 6.16. The predicted octanol–water partition coefficient (Wildman–Crippen LogP) is 3.71. The second-order valence-electron chi connectivity index (χ2n) is 6.22. The van der Waals surface area contributed by atoms with Crippen LogP contribution in [0, 0.1) is 0 Å². The van der Waals surface area contributed by atoms with Gasteiger partial charge < -0.3 is 18.8 Å². The van der Waals surface area contributed by atoms with E-state index in [-0.39, 0.29) is 25.1 Å². The van der Waals surface area contributed by atoms with E-state index in [1.165, 1.54) is 0 Å². The Labute approximate surface area is 130 Å². The highest BCUT2D eigenvalue weighted by atomic mass is 35.5. The first-order valence-corrected chi connectivity index (χ1v) is 7.29. The zero-order chi connectivity index (χ0) is 15.3. The third kappa shape index (κ3) is 2.66. The molecule has 0 radical (unpaired) electrons. The summed E-state index contributed by atoms with van der Waals surface area (Å²) in [5.41, 5.74) is 0.238. The summed E-state index contributed by atoms with van der Waals surface area (Å²) in [6, 6.07) is 3.72. The van der Waals surface area contributed by atoms with Gasteiger partial charge in [0.15, 0.2) is 11.5 Å². The van der Waals surface area contributed by atoms with Crippen LogP contribution in [0.5, 0.6) is 11.5 Å². The van der Waals surface area contributed by atoms with E-state index in [4.69, 9.17) is 30.4 Å². The van der Waals surface area contributed by atoms with Crippen molar-refractivity contribution in [2.45, 2.75) is 38.9 Å². The van der Waals surface area contributed by atoms with E-state index >= 15 is 0 Å². The molecule has 2 aliphatic heterocycles. The number of hydrogen-bond donors (Lipinski definition) is 0. The number of halogens is 1. The lowest BCUT2D eigenvalue weighted by Crippen LogP contribution is -2.41. The molecule has 0 amide bonds. The molecule has 2 aliphatic rings. The zero-order valence-electron chi connectivity index (χ0n) is 12.6. The van der Waals surface area contributed by atoms with Gasteiger partial charge in [-0.05, 0) is 45.4 Å².